The Hall–Kier alpha value is -2.13. The number of anilines is 1. The van der Waals surface area contributed by atoms with Crippen molar-refractivity contribution in [1.82, 2.24) is 0 Å². The van der Waals surface area contributed by atoms with Gasteiger partial charge in [0.1, 0.15) is 0 Å². The van der Waals surface area contributed by atoms with Gasteiger partial charge in [0, 0.05) is 12.2 Å². The molecule has 0 aliphatic heterocycles. The summed E-state index contributed by atoms with van der Waals surface area (Å²) in [5, 5.41) is 3.00. The monoisotopic (exact) mass is 280 g/mol. The molecule has 108 valence electrons. The first-order valence-electron chi connectivity index (χ1n) is 7.41. The van der Waals surface area contributed by atoms with Gasteiger partial charge in [-0.25, -0.2) is 0 Å². The maximum atomic E-state index is 12.3. The molecule has 0 spiro atoms. The minimum absolute atomic E-state index is 0.0590. The number of hydrogen-bond donors (Lipinski definition) is 2. The van der Waals surface area contributed by atoms with E-state index in [0.717, 1.165) is 30.5 Å². The molecular weight excluding hydrogens is 260 g/mol. The predicted molar refractivity (Wildman–Crippen MR) is 85.8 cm³/mol. The number of nitrogens with two attached hydrogens (primary N) is 1. The predicted octanol–water partition coefficient (Wildman–Crippen LogP) is 3.42. The van der Waals surface area contributed by atoms with Crippen molar-refractivity contribution in [3.05, 3.63) is 54.6 Å². The van der Waals surface area contributed by atoms with Crippen molar-refractivity contribution in [2.75, 3.05) is 11.9 Å². The summed E-state index contributed by atoms with van der Waals surface area (Å²) in [4.78, 5) is 12.3. The van der Waals surface area contributed by atoms with E-state index in [1.807, 2.05) is 42.5 Å². The standard InChI is InChI=1S/C18H20N2O/c19-13-18(11-4-12-18)17(21)20-16-9-7-15(8-10-16)14-5-2-1-3-6-14/h1-3,5-10H,4,11-13,19H2,(H,20,21). The van der Waals surface area contributed by atoms with E-state index in [9.17, 15) is 4.79 Å². The summed E-state index contributed by atoms with van der Waals surface area (Å²) >= 11 is 0. The number of nitrogens with one attached hydrogen (secondary N) is 1. The molecule has 21 heavy (non-hydrogen) atoms. The first-order chi connectivity index (χ1) is 10.2. The van der Waals surface area contributed by atoms with E-state index in [1.165, 1.54) is 5.56 Å². The summed E-state index contributed by atoms with van der Waals surface area (Å²) in [5.74, 6) is 0.0590. The SMILES string of the molecule is NCC1(C(=O)Nc2ccc(-c3ccccc3)cc2)CCC1. The number of carbonyl (C=O) groups is 1. The van der Waals surface area contributed by atoms with Crippen LogP contribution in [0.25, 0.3) is 11.1 Å². The molecule has 0 atom stereocenters. The van der Waals surface area contributed by atoms with Crippen LogP contribution in [0.3, 0.4) is 0 Å². The molecule has 0 heterocycles. The van der Waals surface area contributed by atoms with Crippen molar-refractivity contribution in [2.24, 2.45) is 11.1 Å². The van der Waals surface area contributed by atoms with Crippen molar-refractivity contribution in [3.8, 4) is 11.1 Å². The normalized spacial score (nSPS) is 16.0. The molecule has 1 fully saturated rings. The largest absolute Gasteiger partial charge is 0.329 e. The minimum Gasteiger partial charge on any atom is -0.329 e. The van der Waals surface area contributed by atoms with Crippen LogP contribution < -0.4 is 11.1 Å². The fourth-order valence-electron chi connectivity index (χ4n) is 2.77. The quantitative estimate of drug-likeness (QED) is 0.901. The molecule has 0 aromatic heterocycles. The Morgan fingerprint density at radius 3 is 2.14 bits per heavy atom. The fraction of sp³-hybridized carbons (Fsp3) is 0.278. The third-order valence-electron chi connectivity index (χ3n) is 4.43. The third-order valence-corrected chi connectivity index (χ3v) is 4.43. The lowest BCUT2D eigenvalue weighted by molar-refractivity contribution is -0.129. The van der Waals surface area contributed by atoms with Crippen LogP contribution in [0.1, 0.15) is 19.3 Å². The summed E-state index contributed by atoms with van der Waals surface area (Å²) in [7, 11) is 0. The Bertz CT molecular complexity index is 610. The van der Waals surface area contributed by atoms with Crippen LogP contribution in [-0.4, -0.2) is 12.5 Å². The molecule has 3 N–H and O–H groups in total. The van der Waals surface area contributed by atoms with E-state index in [0.29, 0.717) is 6.54 Å². The molecule has 3 rings (SSSR count). The van der Waals surface area contributed by atoms with Crippen molar-refractivity contribution < 1.29 is 4.79 Å². The molecule has 1 amide bonds. The molecular formula is C18H20N2O. The van der Waals surface area contributed by atoms with Gasteiger partial charge < -0.3 is 11.1 Å². The van der Waals surface area contributed by atoms with Crippen molar-refractivity contribution >= 4 is 11.6 Å². The molecule has 0 saturated heterocycles. The zero-order valence-corrected chi connectivity index (χ0v) is 12.0. The van der Waals surface area contributed by atoms with E-state index < -0.39 is 0 Å². The van der Waals surface area contributed by atoms with Crippen molar-refractivity contribution in [3.63, 3.8) is 0 Å². The molecule has 1 aliphatic rings. The second-order valence-corrected chi connectivity index (χ2v) is 5.74. The van der Waals surface area contributed by atoms with E-state index in [-0.39, 0.29) is 11.3 Å². The van der Waals surface area contributed by atoms with Gasteiger partial charge in [-0.3, -0.25) is 4.79 Å². The Kier molecular flexibility index (Phi) is 3.76. The maximum absolute atomic E-state index is 12.3. The summed E-state index contributed by atoms with van der Waals surface area (Å²) in [6.07, 6.45) is 2.90. The lowest BCUT2D eigenvalue weighted by atomic mass is 9.68. The number of carbonyl (C=O) groups excluding carboxylic acids is 1. The molecule has 0 unspecified atom stereocenters. The first-order valence-corrected chi connectivity index (χ1v) is 7.41. The Labute approximate surface area is 125 Å². The van der Waals surface area contributed by atoms with Crippen LogP contribution in [0.15, 0.2) is 54.6 Å². The lowest BCUT2D eigenvalue weighted by Crippen LogP contribution is -2.47. The molecule has 0 bridgehead atoms. The van der Waals surface area contributed by atoms with Crippen LogP contribution in [0.4, 0.5) is 5.69 Å². The van der Waals surface area contributed by atoms with E-state index in [2.05, 4.69) is 17.4 Å². The van der Waals surface area contributed by atoms with Crippen molar-refractivity contribution in [2.45, 2.75) is 19.3 Å². The number of benzene rings is 2. The highest BCUT2D eigenvalue weighted by Crippen LogP contribution is 2.40. The molecule has 2 aromatic carbocycles. The molecule has 3 heteroatoms. The molecule has 2 aromatic rings. The second kappa shape index (κ2) is 5.70. The van der Waals surface area contributed by atoms with Gasteiger partial charge >= 0.3 is 0 Å². The van der Waals surface area contributed by atoms with Crippen molar-refractivity contribution in [1.29, 1.82) is 0 Å². The van der Waals surface area contributed by atoms with Gasteiger partial charge in [0.05, 0.1) is 5.41 Å². The van der Waals surface area contributed by atoms with Gasteiger partial charge in [-0.05, 0) is 36.1 Å². The Morgan fingerprint density at radius 2 is 1.62 bits per heavy atom. The Morgan fingerprint density at radius 1 is 1.00 bits per heavy atom. The smallest absolute Gasteiger partial charge is 0.231 e. The van der Waals surface area contributed by atoms with E-state index >= 15 is 0 Å². The first kappa shape index (κ1) is 13.8. The molecule has 3 nitrogen and oxygen atoms in total. The molecule has 1 aliphatic carbocycles. The number of amides is 1. The van der Waals surface area contributed by atoms with Gasteiger partial charge in [0.2, 0.25) is 5.91 Å². The zero-order valence-electron chi connectivity index (χ0n) is 12.0. The molecule has 0 radical (unpaired) electrons. The fourth-order valence-corrected chi connectivity index (χ4v) is 2.77. The summed E-state index contributed by atoms with van der Waals surface area (Å²) in [6.45, 7) is 0.431. The summed E-state index contributed by atoms with van der Waals surface area (Å²) in [5.41, 5.74) is 8.58. The van der Waals surface area contributed by atoms with Gasteiger partial charge in [-0.15, -0.1) is 0 Å². The van der Waals surface area contributed by atoms with Gasteiger partial charge in [-0.2, -0.15) is 0 Å². The summed E-state index contributed by atoms with van der Waals surface area (Å²) < 4.78 is 0. The van der Waals surface area contributed by atoms with Crippen LogP contribution in [0.5, 0.6) is 0 Å². The average Bonchev–Trinajstić information content (AvgIpc) is 2.48. The van der Waals surface area contributed by atoms with Crippen LogP contribution in [0.2, 0.25) is 0 Å². The highest BCUT2D eigenvalue weighted by Gasteiger charge is 2.42. The highest BCUT2D eigenvalue weighted by molar-refractivity contribution is 5.96. The lowest BCUT2D eigenvalue weighted by Gasteiger charge is -2.39. The minimum atomic E-state index is -0.335. The van der Waals surface area contributed by atoms with Crippen LogP contribution in [-0.2, 0) is 4.79 Å². The zero-order chi connectivity index (χ0) is 14.7. The maximum Gasteiger partial charge on any atom is 0.231 e. The van der Waals surface area contributed by atoms with Crippen LogP contribution in [0, 0.1) is 5.41 Å². The third kappa shape index (κ3) is 2.69. The topological polar surface area (TPSA) is 55.1 Å². The average molecular weight is 280 g/mol. The van der Waals surface area contributed by atoms with Crippen LogP contribution >= 0.6 is 0 Å². The number of rotatable bonds is 4. The van der Waals surface area contributed by atoms with E-state index in [1.54, 1.807) is 0 Å². The second-order valence-electron chi connectivity index (χ2n) is 5.74. The van der Waals surface area contributed by atoms with E-state index in [4.69, 9.17) is 5.73 Å². The van der Waals surface area contributed by atoms with Gasteiger partial charge in [-0.1, -0.05) is 48.9 Å². The number of hydrogen-bond acceptors (Lipinski definition) is 2. The molecule has 1 saturated carbocycles. The van der Waals surface area contributed by atoms with Gasteiger partial charge in [0.25, 0.3) is 0 Å². The Balaban J connectivity index is 1.72. The summed E-state index contributed by atoms with van der Waals surface area (Å²) in [6, 6.07) is 18.1. The highest BCUT2D eigenvalue weighted by atomic mass is 16.2. The van der Waals surface area contributed by atoms with Gasteiger partial charge in [0.15, 0.2) is 0 Å².